The van der Waals surface area contributed by atoms with Gasteiger partial charge in [0, 0.05) is 10.4 Å². The van der Waals surface area contributed by atoms with Crippen LogP contribution >= 0.6 is 27.3 Å². The van der Waals surface area contributed by atoms with Crippen molar-refractivity contribution < 1.29 is 4.39 Å². The molecule has 1 aliphatic carbocycles. The summed E-state index contributed by atoms with van der Waals surface area (Å²) in [7, 11) is 0. The zero-order valence-corrected chi connectivity index (χ0v) is 13.4. The van der Waals surface area contributed by atoms with E-state index in [4.69, 9.17) is 5.73 Å². The number of rotatable bonds is 1. The molecule has 21 heavy (non-hydrogen) atoms. The first-order valence-corrected chi connectivity index (χ1v) is 8.27. The van der Waals surface area contributed by atoms with Crippen LogP contribution in [0.25, 0.3) is 21.6 Å². The van der Waals surface area contributed by atoms with Gasteiger partial charge < -0.3 is 5.73 Å². The predicted octanol–water partition coefficient (Wildman–Crippen LogP) is 4.33. The summed E-state index contributed by atoms with van der Waals surface area (Å²) in [5.41, 5.74) is 8.22. The summed E-state index contributed by atoms with van der Waals surface area (Å²) in [4.78, 5) is 11.4. The highest BCUT2D eigenvalue weighted by atomic mass is 79.9. The second kappa shape index (κ2) is 4.74. The molecule has 106 valence electrons. The van der Waals surface area contributed by atoms with Gasteiger partial charge >= 0.3 is 0 Å². The maximum atomic E-state index is 13.3. The van der Waals surface area contributed by atoms with Crippen LogP contribution in [0.2, 0.25) is 0 Å². The molecule has 1 aromatic carbocycles. The molecule has 2 aromatic heterocycles. The Morgan fingerprint density at radius 2 is 2.10 bits per heavy atom. The van der Waals surface area contributed by atoms with Crippen molar-refractivity contribution in [2.45, 2.75) is 19.3 Å². The fourth-order valence-electron chi connectivity index (χ4n) is 2.79. The van der Waals surface area contributed by atoms with Crippen LogP contribution < -0.4 is 5.73 Å². The lowest BCUT2D eigenvalue weighted by Gasteiger charge is -2.05. The monoisotopic (exact) mass is 363 g/mol. The normalized spacial score (nSPS) is 13.8. The van der Waals surface area contributed by atoms with Crippen LogP contribution in [-0.4, -0.2) is 9.97 Å². The summed E-state index contributed by atoms with van der Waals surface area (Å²) in [6, 6.07) is 4.75. The maximum absolute atomic E-state index is 13.3. The molecule has 0 aliphatic heterocycles. The highest BCUT2D eigenvalue weighted by molar-refractivity contribution is 9.10. The highest BCUT2D eigenvalue weighted by Crippen LogP contribution is 2.39. The number of hydrogen-bond acceptors (Lipinski definition) is 4. The molecule has 0 saturated carbocycles. The number of halogens is 2. The van der Waals surface area contributed by atoms with E-state index in [-0.39, 0.29) is 5.82 Å². The SMILES string of the molecule is Nc1nc(-c2ccc(F)c(Br)c2)nc2sc3c(c12)CCC3. The van der Waals surface area contributed by atoms with Gasteiger partial charge in [0.1, 0.15) is 16.5 Å². The molecule has 3 nitrogen and oxygen atoms in total. The molecule has 4 rings (SSSR count). The lowest BCUT2D eigenvalue weighted by atomic mass is 10.1. The van der Waals surface area contributed by atoms with Crippen molar-refractivity contribution in [3.63, 3.8) is 0 Å². The Kier molecular flexibility index (Phi) is 2.97. The lowest BCUT2D eigenvalue weighted by Crippen LogP contribution is -1.97. The quantitative estimate of drug-likeness (QED) is 0.699. The van der Waals surface area contributed by atoms with Gasteiger partial charge in [0.05, 0.1) is 9.86 Å². The summed E-state index contributed by atoms with van der Waals surface area (Å²) < 4.78 is 13.7. The van der Waals surface area contributed by atoms with Gasteiger partial charge in [-0.1, -0.05) is 0 Å². The molecule has 0 atom stereocenters. The number of nitrogen functional groups attached to an aromatic ring is 1. The predicted molar refractivity (Wildman–Crippen MR) is 86.9 cm³/mol. The van der Waals surface area contributed by atoms with Gasteiger partial charge in [0.25, 0.3) is 0 Å². The number of fused-ring (bicyclic) bond motifs is 3. The minimum atomic E-state index is -0.303. The molecule has 2 heterocycles. The number of nitrogens with zero attached hydrogens (tertiary/aromatic N) is 2. The third-order valence-electron chi connectivity index (χ3n) is 3.77. The molecule has 2 N–H and O–H groups in total. The molecule has 0 unspecified atom stereocenters. The van der Waals surface area contributed by atoms with Crippen LogP contribution in [0, 0.1) is 5.82 Å². The number of nitrogens with two attached hydrogens (primary N) is 1. The molecular weight excluding hydrogens is 353 g/mol. The van der Waals surface area contributed by atoms with Gasteiger partial charge in [-0.3, -0.25) is 0 Å². The molecule has 0 spiro atoms. The highest BCUT2D eigenvalue weighted by Gasteiger charge is 2.21. The Morgan fingerprint density at radius 1 is 1.24 bits per heavy atom. The number of aryl methyl sites for hydroxylation is 2. The smallest absolute Gasteiger partial charge is 0.163 e. The number of hydrogen-bond donors (Lipinski definition) is 1. The van der Waals surface area contributed by atoms with Crippen molar-refractivity contribution in [3.05, 3.63) is 38.9 Å². The van der Waals surface area contributed by atoms with Gasteiger partial charge in [-0.05, 0) is 59.0 Å². The molecule has 0 amide bonds. The summed E-state index contributed by atoms with van der Waals surface area (Å²) in [5.74, 6) is 0.762. The zero-order valence-electron chi connectivity index (χ0n) is 11.0. The maximum Gasteiger partial charge on any atom is 0.163 e. The van der Waals surface area contributed by atoms with Crippen LogP contribution in [0.15, 0.2) is 22.7 Å². The summed E-state index contributed by atoms with van der Waals surface area (Å²) >= 11 is 4.89. The fourth-order valence-corrected chi connectivity index (χ4v) is 4.44. The van der Waals surface area contributed by atoms with Gasteiger partial charge in [-0.25, -0.2) is 14.4 Å². The van der Waals surface area contributed by atoms with E-state index in [1.807, 2.05) is 0 Å². The van der Waals surface area contributed by atoms with E-state index in [0.29, 0.717) is 16.1 Å². The van der Waals surface area contributed by atoms with E-state index < -0.39 is 0 Å². The van der Waals surface area contributed by atoms with E-state index in [0.717, 1.165) is 28.6 Å². The Bertz CT molecular complexity index is 875. The van der Waals surface area contributed by atoms with E-state index >= 15 is 0 Å². The summed E-state index contributed by atoms with van der Waals surface area (Å²) in [6.07, 6.45) is 3.35. The van der Waals surface area contributed by atoms with Crippen LogP contribution in [-0.2, 0) is 12.8 Å². The third-order valence-corrected chi connectivity index (χ3v) is 5.56. The third kappa shape index (κ3) is 2.05. The number of aromatic nitrogens is 2. The number of thiophene rings is 1. The van der Waals surface area contributed by atoms with Crippen LogP contribution in [0.4, 0.5) is 10.2 Å². The van der Waals surface area contributed by atoms with Crippen molar-refractivity contribution >= 4 is 43.3 Å². The average Bonchev–Trinajstić information content (AvgIpc) is 3.01. The minimum absolute atomic E-state index is 0.303. The molecule has 1 aliphatic rings. The summed E-state index contributed by atoms with van der Waals surface area (Å²) in [5, 5.41) is 1.01. The van der Waals surface area contributed by atoms with E-state index in [1.54, 1.807) is 23.5 Å². The largest absolute Gasteiger partial charge is 0.383 e. The Labute approximate surface area is 133 Å². The van der Waals surface area contributed by atoms with Crippen molar-refractivity contribution in [2.24, 2.45) is 0 Å². The average molecular weight is 364 g/mol. The summed E-state index contributed by atoms with van der Waals surface area (Å²) in [6.45, 7) is 0. The Morgan fingerprint density at radius 3 is 2.90 bits per heavy atom. The van der Waals surface area contributed by atoms with Gasteiger partial charge in [-0.2, -0.15) is 0 Å². The number of anilines is 1. The molecule has 0 saturated heterocycles. The fraction of sp³-hybridized carbons (Fsp3) is 0.200. The first-order valence-electron chi connectivity index (χ1n) is 6.66. The van der Waals surface area contributed by atoms with E-state index in [9.17, 15) is 4.39 Å². The Balaban J connectivity index is 1.92. The lowest BCUT2D eigenvalue weighted by molar-refractivity contribution is 0.621. The van der Waals surface area contributed by atoms with Crippen molar-refractivity contribution in [3.8, 4) is 11.4 Å². The molecule has 0 bridgehead atoms. The molecule has 6 heteroatoms. The zero-order chi connectivity index (χ0) is 14.6. The molecular formula is C15H11BrFN3S. The van der Waals surface area contributed by atoms with Crippen molar-refractivity contribution in [1.29, 1.82) is 0 Å². The van der Waals surface area contributed by atoms with E-state index in [1.165, 1.54) is 22.9 Å². The standard InChI is InChI=1S/C15H11BrFN3S/c16-9-6-7(4-5-10(9)17)14-19-13(18)12-8-2-1-3-11(8)21-15(12)20-14/h4-6H,1-3H2,(H2,18,19,20). The van der Waals surface area contributed by atoms with Crippen molar-refractivity contribution in [1.82, 2.24) is 9.97 Å². The van der Waals surface area contributed by atoms with Crippen LogP contribution in [0.3, 0.4) is 0 Å². The minimum Gasteiger partial charge on any atom is -0.383 e. The first kappa shape index (κ1) is 13.2. The molecule has 0 radical (unpaired) electrons. The number of benzene rings is 1. The molecule has 0 fully saturated rings. The topological polar surface area (TPSA) is 51.8 Å². The van der Waals surface area contributed by atoms with E-state index in [2.05, 4.69) is 25.9 Å². The van der Waals surface area contributed by atoms with Gasteiger partial charge in [-0.15, -0.1) is 11.3 Å². The Hall–Kier alpha value is -1.53. The van der Waals surface area contributed by atoms with Gasteiger partial charge in [0.15, 0.2) is 5.82 Å². The van der Waals surface area contributed by atoms with Crippen LogP contribution in [0.1, 0.15) is 16.9 Å². The second-order valence-corrected chi connectivity index (χ2v) is 7.04. The molecule has 3 aromatic rings. The van der Waals surface area contributed by atoms with Crippen LogP contribution in [0.5, 0.6) is 0 Å². The first-order chi connectivity index (χ1) is 10.1. The van der Waals surface area contributed by atoms with Gasteiger partial charge in [0.2, 0.25) is 0 Å². The van der Waals surface area contributed by atoms with Crippen molar-refractivity contribution in [2.75, 3.05) is 5.73 Å². The second-order valence-electron chi connectivity index (χ2n) is 5.10.